The van der Waals surface area contributed by atoms with E-state index in [0.29, 0.717) is 18.5 Å². The van der Waals surface area contributed by atoms with E-state index >= 15 is 0 Å². The van der Waals surface area contributed by atoms with E-state index in [1.807, 2.05) is 31.3 Å². The van der Waals surface area contributed by atoms with Crippen LogP contribution in [-0.4, -0.2) is 24.6 Å². The molecule has 1 heterocycles. The van der Waals surface area contributed by atoms with Crippen molar-refractivity contribution in [3.05, 3.63) is 41.7 Å². The van der Waals surface area contributed by atoms with E-state index in [0.717, 1.165) is 5.56 Å². The van der Waals surface area contributed by atoms with Crippen LogP contribution in [0.15, 0.2) is 36.2 Å². The minimum Gasteiger partial charge on any atom is -0.466 e. The van der Waals surface area contributed by atoms with Crippen molar-refractivity contribution in [1.82, 2.24) is 10.3 Å². The molecule has 1 aromatic heterocycles. The van der Waals surface area contributed by atoms with Crippen LogP contribution in [0, 0.1) is 0 Å². The van der Waals surface area contributed by atoms with E-state index in [2.05, 4.69) is 17.2 Å². The van der Waals surface area contributed by atoms with Crippen molar-refractivity contribution in [3.63, 3.8) is 0 Å². The van der Waals surface area contributed by atoms with Gasteiger partial charge in [-0.3, -0.25) is 4.98 Å². The van der Waals surface area contributed by atoms with Gasteiger partial charge in [0.05, 0.1) is 7.11 Å². The maximum absolute atomic E-state index is 11.4. The Morgan fingerprint density at radius 2 is 2.39 bits per heavy atom. The van der Waals surface area contributed by atoms with Gasteiger partial charge < -0.3 is 10.1 Å². The van der Waals surface area contributed by atoms with Gasteiger partial charge in [0, 0.05) is 30.6 Å². The van der Waals surface area contributed by atoms with Gasteiger partial charge in [-0.05, 0) is 25.0 Å². The molecule has 4 heteroatoms. The zero-order chi connectivity index (χ0) is 13.4. The SMILES string of the molecule is CC/C(=C/CNC(C)c1cccnc1)C(=O)OC. The first-order valence-corrected chi connectivity index (χ1v) is 6.09. The van der Waals surface area contributed by atoms with E-state index in [1.165, 1.54) is 7.11 Å². The highest BCUT2D eigenvalue weighted by molar-refractivity contribution is 5.88. The Labute approximate surface area is 108 Å². The Balaban J connectivity index is 2.50. The molecule has 0 aromatic carbocycles. The quantitative estimate of drug-likeness (QED) is 0.619. The predicted octanol–water partition coefficient (Wildman–Crippen LogP) is 2.24. The van der Waals surface area contributed by atoms with Gasteiger partial charge >= 0.3 is 5.97 Å². The number of rotatable bonds is 6. The maximum atomic E-state index is 11.4. The van der Waals surface area contributed by atoms with Gasteiger partial charge in [-0.25, -0.2) is 4.79 Å². The number of ether oxygens (including phenoxy) is 1. The van der Waals surface area contributed by atoms with E-state index < -0.39 is 0 Å². The molecule has 0 aliphatic heterocycles. The van der Waals surface area contributed by atoms with Gasteiger partial charge in [0.1, 0.15) is 0 Å². The fourth-order valence-corrected chi connectivity index (χ4v) is 1.61. The van der Waals surface area contributed by atoms with Crippen LogP contribution in [0.3, 0.4) is 0 Å². The van der Waals surface area contributed by atoms with E-state index in [1.54, 1.807) is 6.20 Å². The molecule has 0 saturated heterocycles. The van der Waals surface area contributed by atoms with Crippen LogP contribution in [0.25, 0.3) is 0 Å². The summed E-state index contributed by atoms with van der Waals surface area (Å²) in [5.41, 5.74) is 1.82. The van der Waals surface area contributed by atoms with Crippen molar-refractivity contribution < 1.29 is 9.53 Å². The van der Waals surface area contributed by atoms with Crippen LogP contribution in [0.4, 0.5) is 0 Å². The Bertz CT molecular complexity index is 402. The summed E-state index contributed by atoms with van der Waals surface area (Å²) >= 11 is 0. The first kappa shape index (κ1) is 14.4. The van der Waals surface area contributed by atoms with Crippen LogP contribution in [-0.2, 0) is 9.53 Å². The third kappa shape index (κ3) is 4.30. The van der Waals surface area contributed by atoms with Crippen LogP contribution < -0.4 is 5.32 Å². The second-order valence-corrected chi connectivity index (χ2v) is 3.99. The first-order chi connectivity index (χ1) is 8.69. The molecule has 18 heavy (non-hydrogen) atoms. The molecule has 1 N–H and O–H groups in total. The van der Waals surface area contributed by atoms with Crippen LogP contribution in [0.1, 0.15) is 31.9 Å². The third-order valence-electron chi connectivity index (χ3n) is 2.79. The first-order valence-electron chi connectivity index (χ1n) is 6.09. The molecule has 1 aromatic rings. The largest absolute Gasteiger partial charge is 0.466 e. The van der Waals surface area contributed by atoms with Crippen LogP contribution in [0.2, 0.25) is 0 Å². The standard InChI is InChI=1S/C14H20N2O2/c1-4-12(14(17)18-3)7-9-16-11(2)13-6-5-8-15-10-13/h5-8,10-11,16H,4,9H2,1-3H3/b12-7-. The Hall–Kier alpha value is -1.68. The van der Waals surface area contributed by atoms with Crippen molar-refractivity contribution in [2.75, 3.05) is 13.7 Å². The summed E-state index contributed by atoms with van der Waals surface area (Å²) in [5.74, 6) is -0.256. The number of methoxy groups -OCH3 is 1. The van der Waals surface area contributed by atoms with E-state index in [9.17, 15) is 4.79 Å². The van der Waals surface area contributed by atoms with Crippen molar-refractivity contribution in [1.29, 1.82) is 0 Å². The van der Waals surface area contributed by atoms with Crippen molar-refractivity contribution in [2.24, 2.45) is 0 Å². The normalized spacial score (nSPS) is 13.2. The number of carbonyl (C=O) groups is 1. The number of nitrogens with zero attached hydrogens (tertiary/aromatic N) is 1. The summed E-state index contributed by atoms with van der Waals surface area (Å²) in [6.45, 7) is 4.64. The summed E-state index contributed by atoms with van der Waals surface area (Å²) in [4.78, 5) is 15.4. The highest BCUT2D eigenvalue weighted by Gasteiger charge is 2.07. The van der Waals surface area contributed by atoms with E-state index in [-0.39, 0.29) is 12.0 Å². The zero-order valence-corrected chi connectivity index (χ0v) is 11.1. The van der Waals surface area contributed by atoms with Gasteiger partial charge in [0.15, 0.2) is 0 Å². The average Bonchev–Trinajstić information content (AvgIpc) is 2.43. The molecular weight excluding hydrogens is 228 g/mol. The summed E-state index contributed by atoms with van der Waals surface area (Å²) in [7, 11) is 1.40. The minimum absolute atomic E-state index is 0.200. The summed E-state index contributed by atoms with van der Waals surface area (Å²) in [5, 5.41) is 3.32. The highest BCUT2D eigenvalue weighted by Crippen LogP contribution is 2.09. The van der Waals surface area contributed by atoms with Gasteiger partial charge in [-0.2, -0.15) is 0 Å². The molecule has 0 spiro atoms. The van der Waals surface area contributed by atoms with Crippen molar-refractivity contribution >= 4 is 5.97 Å². The molecule has 1 unspecified atom stereocenters. The van der Waals surface area contributed by atoms with Crippen LogP contribution in [0.5, 0.6) is 0 Å². The molecular formula is C14H20N2O2. The molecule has 0 aliphatic carbocycles. The molecule has 0 aliphatic rings. The lowest BCUT2D eigenvalue weighted by molar-refractivity contribution is -0.136. The van der Waals surface area contributed by atoms with Gasteiger partial charge in [0.2, 0.25) is 0 Å². The molecule has 4 nitrogen and oxygen atoms in total. The van der Waals surface area contributed by atoms with Gasteiger partial charge in [-0.15, -0.1) is 0 Å². The predicted molar refractivity (Wildman–Crippen MR) is 71.0 cm³/mol. The molecule has 0 amide bonds. The number of hydrogen-bond acceptors (Lipinski definition) is 4. The Morgan fingerprint density at radius 1 is 1.61 bits per heavy atom. The summed E-state index contributed by atoms with van der Waals surface area (Å²) in [6.07, 6.45) is 6.14. The highest BCUT2D eigenvalue weighted by atomic mass is 16.5. The van der Waals surface area contributed by atoms with Crippen molar-refractivity contribution in [2.45, 2.75) is 26.3 Å². The maximum Gasteiger partial charge on any atom is 0.333 e. The van der Waals surface area contributed by atoms with Gasteiger partial charge in [-0.1, -0.05) is 19.1 Å². The molecule has 0 radical (unpaired) electrons. The molecule has 98 valence electrons. The zero-order valence-electron chi connectivity index (χ0n) is 11.1. The second kappa shape index (κ2) is 7.61. The average molecular weight is 248 g/mol. The number of nitrogens with one attached hydrogen (secondary N) is 1. The smallest absolute Gasteiger partial charge is 0.333 e. The second-order valence-electron chi connectivity index (χ2n) is 3.99. The summed E-state index contributed by atoms with van der Waals surface area (Å²) in [6, 6.07) is 4.13. The topological polar surface area (TPSA) is 51.2 Å². The monoisotopic (exact) mass is 248 g/mol. The third-order valence-corrected chi connectivity index (χ3v) is 2.79. The molecule has 0 bridgehead atoms. The van der Waals surface area contributed by atoms with Crippen LogP contribution >= 0.6 is 0 Å². The fraction of sp³-hybridized carbons (Fsp3) is 0.429. The Morgan fingerprint density at radius 3 is 2.94 bits per heavy atom. The number of hydrogen-bond donors (Lipinski definition) is 1. The molecule has 1 atom stereocenters. The fourth-order valence-electron chi connectivity index (χ4n) is 1.61. The lowest BCUT2D eigenvalue weighted by atomic mass is 10.1. The molecule has 1 rings (SSSR count). The number of esters is 1. The Kier molecular flexibility index (Phi) is 6.08. The van der Waals surface area contributed by atoms with Gasteiger partial charge in [0.25, 0.3) is 0 Å². The lowest BCUT2D eigenvalue weighted by Gasteiger charge is -2.12. The minimum atomic E-state index is -0.256. The molecule has 0 fully saturated rings. The summed E-state index contributed by atoms with van der Waals surface area (Å²) < 4.78 is 4.70. The number of carbonyl (C=O) groups excluding carboxylic acids is 1. The van der Waals surface area contributed by atoms with Crippen molar-refractivity contribution in [3.8, 4) is 0 Å². The number of pyridine rings is 1. The number of aromatic nitrogens is 1. The lowest BCUT2D eigenvalue weighted by Crippen LogP contribution is -2.19. The van der Waals surface area contributed by atoms with E-state index in [4.69, 9.17) is 4.74 Å². The molecule has 0 saturated carbocycles.